The Labute approximate surface area is 131 Å². The van der Waals surface area contributed by atoms with Gasteiger partial charge in [0.05, 0.1) is 15.7 Å². The predicted molar refractivity (Wildman–Crippen MR) is 84.3 cm³/mol. The van der Waals surface area contributed by atoms with Crippen molar-refractivity contribution in [2.45, 2.75) is 10.6 Å². The highest BCUT2D eigenvalue weighted by Gasteiger charge is 2.17. The lowest BCUT2D eigenvalue weighted by Gasteiger charge is -2.07. The van der Waals surface area contributed by atoms with Crippen LogP contribution in [0.25, 0.3) is 0 Å². The molecule has 0 aliphatic rings. The Morgan fingerprint density at radius 3 is 2.55 bits per heavy atom. The van der Waals surface area contributed by atoms with E-state index in [4.69, 9.17) is 28.9 Å². The maximum atomic E-state index is 12.2. The summed E-state index contributed by atoms with van der Waals surface area (Å²) in [5, 5.41) is 0.665. The van der Waals surface area contributed by atoms with Crippen molar-refractivity contribution >= 4 is 50.2 Å². The molecule has 1 aromatic heterocycles. The van der Waals surface area contributed by atoms with Gasteiger partial charge in [0.15, 0.2) is 0 Å². The van der Waals surface area contributed by atoms with Gasteiger partial charge < -0.3 is 5.73 Å². The fourth-order valence-corrected chi connectivity index (χ4v) is 4.26. The lowest BCUT2D eigenvalue weighted by molar-refractivity contribution is 0.603. The number of halogens is 2. The van der Waals surface area contributed by atoms with Crippen molar-refractivity contribution in [3.05, 3.63) is 45.3 Å². The number of rotatable bonds is 5. The van der Waals surface area contributed by atoms with Crippen LogP contribution in [0.5, 0.6) is 0 Å². The minimum absolute atomic E-state index is 0.243. The zero-order valence-corrected chi connectivity index (χ0v) is 13.4. The Bertz CT molecular complexity index is 714. The van der Waals surface area contributed by atoms with Crippen LogP contribution in [-0.4, -0.2) is 15.0 Å². The fourth-order valence-electron chi connectivity index (χ4n) is 1.54. The Balaban J connectivity index is 2.23. The van der Waals surface area contributed by atoms with Crippen LogP contribution in [-0.2, 0) is 16.4 Å². The molecule has 0 fully saturated rings. The highest BCUT2D eigenvalue weighted by molar-refractivity contribution is 7.94. The molecule has 0 saturated carbocycles. The molecule has 4 nitrogen and oxygen atoms in total. The number of hydrogen-bond donors (Lipinski definition) is 2. The summed E-state index contributed by atoms with van der Waals surface area (Å²) in [6.07, 6.45) is 0.660. The van der Waals surface area contributed by atoms with Gasteiger partial charge in [0, 0.05) is 4.88 Å². The van der Waals surface area contributed by atoms with Crippen LogP contribution in [0.4, 0.5) is 5.69 Å². The highest BCUT2D eigenvalue weighted by Crippen LogP contribution is 2.28. The molecule has 1 aromatic carbocycles. The summed E-state index contributed by atoms with van der Waals surface area (Å²) in [5.74, 6) is 0. The first-order valence-corrected chi connectivity index (χ1v) is 8.74. The molecule has 20 heavy (non-hydrogen) atoms. The van der Waals surface area contributed by atoms with Crippen LogP contribution in [0.2, 0.25) is 10.0 Å². The van der Waals surface area contributed by atoms with E-state index in [0.717, 1.165) is 4.88 Å². The first-order valence-electron chi connectivity index (χ1n) is 5.69. The molecule has 0 unspecified atom stereocenters. The van der Waals surface area contributed by atoms with Crippen molar-refractivity contribution < 1.29 is 8.42 Å². The van der Waals surface area contributed by atoms with Gasteiger partial charge in [-0.05, 0) is 43.3 Å². The topological polar surface area (TPSA) is 72.2 Å². The van der Waals surface area contributed by atoms with Crippen LogP contribution in [0.15, 0.2) is 34.5 Å². The second-order valence-electron chi connectivity index (χ2n) is 3.99. The zero-order chi connectivity index (χ0) is 14.8. The zero-order valence-electron chi connectivity index (χ0n) is 10.3. The third kappa shape index (κ3) is 3.65. The second kappa shape index (κ2) is 6.32. The number of anilines is 1. The average molecular weight is 351 g/mol. The van der Waals surface area contributed by atoms with Gasteiger partial charge in [-0.2, -0.15) is 0 Å². The van der Waals surface area contributed by atoms with E-state index in [2.05, 4.69) is 4.72 Å². The molecule has 2 rings (SSSR count). The van der Waals surface area contributed by atoms with Crippen molar-refractivity contribution in [3.8, 4) is 0 Å². The van der Waals surface area contributed by atoms with E-state index in [1.165, 1.54) is 23.5 Å². The monoisotopic (exact) mass is 350 g/mol. The normalized spacial score (nSPS) is 11.6. The molecule has 0 saturated heterocycles. The maximum Gasteiger partial charge on any atom is 0.271 e. The van der Waals surface area contributed by atoms with Gasteiger partial charge in [0.25, 0.3) is 10.0 Å². The molecule has 2 aromatic rings. The van der Waals surface area contributed by atoms with Gasteiger partial charge >= 0.3 is 0 Å². The number of nitrogens with one attached hydrogen (secondary N) is 1. The summed E-state index contributed by atoms with van der Waals surface area (Å²) < 4.78 is 27.1. The molecule has 0 aliphatic carbocycles. The minimum atomic E-state index is -3.61. The molecule has 8 heteroatoms. The standard InChI is InChI=1S/C12H12Cl2N2O2S2/c13-10-3-1-8(7-11(10)14)16-20(17,18)12-4-2-9(19-12)5-6-15/h1-4,7,16H,5-6,15H2. The number of thiophene rings is 1. The van der Waals surface area contributed by atoms with Gasteiger partial charge in [-0.15, -0.1) is 11.3 Å². The van der Waals surface area contributed by atoms with E-state index >= 15 is 0 Å². The van der Waals surface area contributed by atoms with E-state index in [1.54, 1.807) is 18.2 Å². The summed E-state index contributed by atoms with van der Waals surface area (Å²) in [5.41, 5.74) is 5.82. The van der Waals surface area contributed by atoms with Gasteiger partial charge in [-0.1, -0.05) is 23.2 Å². The van der Waals surface area contributed by atoms with Crippen LogP contribution in [0.1, 0.15) is 4.88 Å². The molecular formula is C12H12Cl2N2O2S2. The quantitative estimate of drug-likeness (QED) is 0.868. The van der Waals surface area contributed by atoms with Crippen LogP contribution in [0.3, 0.4) is 0 Å². The second-order valence-corrected chi connectivity index (χ2v) is 7.89. The molecular weight excluding hydrogens is 339 g/mol. The van der Waals surface area contributed by atoms with E-state index in [0.29, 0.717) is 28.7 Å². The van der Waals surface area contributed by atoms with Gasteiger partial charge in [0.1, 0.15) is 4.21 Å². The molecule has 108 valence electrons. The lowest BCUT2D eigenvalue weighted by Crippen LogP contribution is -2.11. The SMILES string of the molecule is NCCc1ccc(S(=O)(=O)Nc2ccc(Cl)c(Cl)c2)s1. The van der Waals surface area contributed by atoms with Crippen molar-refractivity contribution in [2.75, 3.05) is 11.3 Å². The maximum absolute atomic E-state index is 12.2. The van der Waals surface area contributed by atoms with Gasteiger partial charge in [-0.25, -0.2) is 8.42 Å². The minimum Gasteiger partial charge on any atom is -0.330 e. The smallest absolute Gasteiger partial charge is 0.271 e. The number of benzene rings is 1. The summed E-state index contributed by atoms with van der Waals surface area (Å²) in [7, 11) is -3.61. The molecule has 0 bridgehead atoms. The van der Waals surface area contributed by atoms with Crippen molar-refractivity contribution in [2.24, 2.45) is 5.73 Å². The molecule has 0 radical (unpaired) electrons. The molecule has 0 atom stereocenters. The van der Waals surface area contributed by atoms with Gasteiger partial charge in [-0.3, -0.25) is 4.72 Å². The molecule has 3 N–H and O–H groups in total. The summed E-state index contributed by atoms with van der Waals surface area (Å²) >= 11 is 12.8. The number of nitrogens with two attached hydrogens (primary N) is 1. The van der Waals surface area contributed by atoms with Crippen molar-refractivity contribution in [3.63, 3.8) is 0 Å². The van der Waals surface area contributed by atoms with Gasteiger partial charge in [0.2, 0.25) is 0 Å². The van der Waals surface area contributed by atoms with E-state index in [9.17, 15) is 8.42 Å². The third-order valence-electron chi connectivity index (χ3n) is 2.46. The number of hydrogen-bond acceptors (Lipinski definition) is 4. The van der Waals surface area contributed by atoms with Crippen LogP contribution < -0.4 is 10.5 Å². The Kier molecular flexibility index (Phi) is 4.93. The Hall–Kier alpha value is -0.790. The van der Waals surface area contributed by atoms with Crippen LogP contribution in [0, 0.1) is 0 Å². The Morgan fingerprint density at radius 2 is 1.90 bits per heavy atom. The third-order valence-corrected chi connectivity index (χ3v) is 6.22. The predicted octanol–water partition coefficient (Wildman–Crippen LogP) is 3.36. The highest BCUT2D eigenvalue weighted by atomic mass is 35.5. The summed E-state index contributed by atoms with van der Waals surface area (Å²) in [4.78, 5) is 0.932. The largest absolute Gasteiger partial charge is 0.330 e. The molecule has 0 aliphatic heterocycles. The van der Waals surface area contributed by atoms with E-state index in [1.807, 2.05) is 0 Å². The lowest BCUT2D eigenvalue weighted by atomic mass is 10.3. The summed E-state index contributed by atoms with van der Waals surface area (Å²) in [6, 6.07) is 7.89. The van der Waals surface area contributed by atoms with E-state index in [-0.39, 0.29) is 4.21 Å². The fraction of sp³-hybridized carbons (Fsp3) is 0.167. The van der Waals surface area contributed by atoms with Crippen molar-refractivity contribution in [1.82, 2.24) is 0 Å². The summed E-state index contributed by atoms with van der Waals surface area (Å²) in [6.45, 7) is 0.486. The Morgan fingerprint density at radius 1 is 1.15 bits per heavy atom. The number of sulfonamides is 1. The molecule has 0 spiro atoms. The van der Waals surface area contributed by atoms with E-state index < -0.39 is 10.0 Å². The molecule has 1 heterocycles. The first-order chi connectivity index (χ1) is 9.42. The average Bonchev–Trinajstić information content (AvgIpc) is 2.83. The molecule has 0 amide bonds. The van der Waals surface area contributed by atoms with Crippen molar-refractivity contribution in [1.29, 1.82) is 0 Å². The van der Waals surface area contributed by atoms with Crippen LogP contribution >= 0.6 is 34.5 Å². The first kappa shape index (κ1) is 15.6.